The second kappa shape index (κ2) is 2.55. The fourth-order valence-corrected chi connectivity index (χ4v) is 1.67. The molecule has 0 saturated carbocycles. The first kappa shape index (κ1) is 7.73. The molecule has 4 heteroatoms. The molecular weight excluding hydrogens is 160 g/mol. The Bertz CT molecular complexity index is 219. The van der Waals surface area contributed by atoms with E-state index in [1.807, 2.05) is 0 Å². The van der Waals surface area contributed by atoms with E-state index in [4.69, 9.17) is 9.47 Å². The number of ether oxygens (including phenoxy) is 2. The van der Waals surface area contributed by atoms with Crippen LogP contribution < -0.4 is 0 Å². The van der Waals surface area contributed by atoms with E-state index < -0.39 is 6.29 Å². The smallest absolute Gasteiger partial charge is 0.308 e. The molecule has 3 atom stereocenters. The van der Waals surface area contributed by atoms with Crippen LogP contribution in [0, 0.1) is 5.92 Å². The van der Waals surface area contributed by atoms with E-state index in [1.54, 1.807) is 0 Å². The monoisotopic (exact) mass is 170 g/mol. The Hall–Kier alpha value is -0.900. The van der Waals surface area contributed by atoms with E-state index in [2.05, 4.69) is 0 Å². The quantitative estimate of drug-likeness (QED) is 0.529. The van der Waals surface area contributed by atoms with Crippen LogP contribution in [-0.4, -0.2) is 24.1 Å². The van der Waals surface area contributed by atoms with Crippen LogP contribution in [0.1, 0.15) is 19.8 Å². The van der Waals surface area contributed by atoms with Gasteiger partial charge in [0.1, 0.15) is 6.10 Å². The number of esters is 1. The molecule has 4 nitrogen and oxygen atoms in total. The van der Waals surface area contributed by atoms with Gasteiger partial charge in [0, 0.05) is 5.92 Å². The Balaban J connectivity index is 2.02. The van der Waals surface area contributed by atoms with Crippen molar-refractivity contribution >= 4 is 11.8 Å². The molecule has 2 saturated heterocycles. The summed E-state index contributed by atoms with van der Waals surface area (Å²) in [7, 11) is 0. The summed E-state index contributed by atoms with van der Waals surface area (Å²) >= 11 is 0. The van der Waals surface area contributed by atoms with E-state index in [0.717, 1.165) is 0 Å². The molecule has 0 radical (unpaired) electrons. The van der Waals surface area contributed by atoms with Crippen molar-refractivity contribution in [1.29, 1.82) is 0 Å². The van der Waals surface area contributed by atoms with Gasteiger partial charge in [-0.25, -0.2) is 0 Å². The predicted octanol–water partition coefficient (Wildman–Crippen LogP) is 0.253. The molecule has 0 aromatic heterocycles. The van der Waals surface area contributed by atoms with Crippen molar-refractivity contribution in [2.45, 2.75) is 32.2 Å². The highest BCUT2D eigenvalue weighted by Crippen LogP contribution is 2.35. The fourth-order valence-electron chi connectivity index (χ4n) is 1.67. The van der Waals surface area contributed by atoms with Gasteiger partial charge < -0.3 is 9.47 Å². The van der Waals surface area contributed by atoms with Crippen LogP contribution >= 0.6 is 0 Å². The van der Waals surface area contributed by atoms with Crippen LogP contribution in [0.2, 0.25) is 0 Å². The first-order valence-corrected chi connectivity index (χ1v) is 4.02. The minimum atomic E-state index is -0.452. The van der Waals surface area contributed by atoms with E-state index >= 15 is 0 Å². The molecule has 0 aromatic rings. The average molecular weight is 170 g/mol. The molecule has 2 rings (SSSR count). The van der Waals surface area contributed by atoms with Gasteiger partial charge in [-0.1, -0.05) is 0 Å². The zero-order valence-corrected chi connectivity index (χ0v) is 6.78. The third-order valence-electron chi connectivity index (χ3n) is 2.33. The van der Waals surface area contributed by atoms with Crippen molar-refractivity contribution in [3.8, 4) is 0 Å². The number of hydrogen-bond acceptors (Lipinski definition) is 4. The third-order valence-corrected chi connectivity index (χ3v) is 2.33. The van der Waals surface area contributed by atoms with Gasteiger partial charge in [0.2, 0.25) is 6.29 Å². The average Bonchev–Trinajstić information content (AvgIpc) is 2.42. The second-order valence-electron chi connectivity index (χ2n) is 3.29. The normalized spacial score (nSPS) is 39.4. The van der Waals surface area contributed by atoms with Crippen molar-refractivity contribution in [3.63, 3.8) is 0 Å². The molecule has 2 aliphatic rings. The first-order chi connectivity index (χ1) is 5.66. The second-order valence-corrected chi connectivity index (χ2v) is 3.29. The molecule has 0 bridgehead atoms. The van der Waals surface area contributed by atoms with Crippen molar-refractivity contribution in [1.82, 2.24) is 0 Å². The zero-order chi connectivity index (χ0) is 8.72. The summed E-state index contributed by atoms with van der Waals surface area (Å²) in [5.74, 6) is -0.0983. The number of ketones is 1. The maximum absolute atomic E-state index is 10.9. The lowest BCUT2D eigenvalue weighted by atomic mass is 10.0. The van der Waals surface area contributed by atoms with Crippen molar-refractivity contribution in [2.75, 3.05) is 0 Å². The molecule has 0 aromatic carbocycles. The summed E-state index contributed by atoms with van der Waals surface area (Å²) in [6, 6.07) is 0. The molecule has 66 valence electrons. The highest BCUT2D eigenvalue weighted by Gasteiger charge is 2.45. The number of rotatable bonds is 1. The number of hydrogen-bond donors (Lipinski definition) is 0. The van der Waals surface area contributed by atoms with Crippen molar-refractivity contribution in [2.24, 2.45) is 5.92 Å². The lowest BCUT2D eigenvalue weighted by Crippen LogP contribution is -2.19. The number of fused-ring (bicyclic) bond motifs is 1. The highest BCUT2D eigenvalue weighted by atomic mass is 16.7. The predicted molar refractivity (Wildman–Crippen MR) is 38.2 cm³/mol. The maximum atomic E-state index is 10.9. The Morgan fingerprint density at radius 2 is 2.33 bits per heavy atom. The minimum Gasteiger partial charge on any atom is -0.435 e. The molecule has 0 spiro atoms. The van der Waals surface area contributed by atoms with Gasteiger partial charge in [0.05, 0.1) is 6.42 Å². The van der Waals surface area contributed by atoms with E-state index in [-0.39, 0.29) is 23.8 Å². The summed E-state index contributed by atoms with van der Waals surface area (Å²) in [5.41, 5.74) is 0. The fraction of sp³-hybridized carbons (Fsp3) is 0.750. The van der Waals surface area contributed by atoms with Gasteiger partial charge in [-0.15, -0.1) is 0 Å². The molecule has 2 aliphatic heterocycles. The van der Waals surface area contributed by atoms with Gasteiger partial charge in [-0.2, -0.15) is 0 Å². The molecular formula is C8H10O4. The third kappa shape index (κ3) is 1.12. The van der Waals surface area contributed by atoms with E-state index in [9.17, 15) is 9.59 Å². The summed E-state index contributed by atoms with van der Waals surface area (Å²) in [5, 5.41) is 0. The Morgan fingerprint density at radius 3 is 2.92 bits per heavy atom. The van der Waals surface area contributed by atoms with E-state index in [1.165, 1.54) is 6.92 Å². The Labute approximate surface area is 69.8 Å². The molecule has 0 N–H and O–H groups in total. The van der Waals surface area contributed by atoms with Crippen LogP contribution in [0.3, 0.4) is 0 Å². The van der Waals surface area contributed by atoms with E-state index in [0.29, 0.717) is 12.8 Å². The highest BCUT2D eigenvalue weighted by molar-refractivity contribution is 5.81. The first-order valence-electron chi connectivity index (χ1n) is 4.02. The topological polar surface area (TPSA) is 52.6 Å². The lowest BCUT2D eigenvalue weighted by Gasteiger charge is -2.08. The van der Waals surface area contributed by atoms with Gasteiger partial charge in [-0.3, -0.25) is 9.59 Å². The van der Waals surface area contributed by atoms with Crippen LogP contribution in [-0.2, 0) is 19.1 Å². The van der Waals surface area contributed by atoms with Crippen LogP contribution in [0.25, 0.3) is 0 Å². The van der Waals surface area contributed by atoms with Crippen LogP contribution in [0.15, 0.2) is 0 Å². The molecule has 0 aliphatic carbocycles. The zero-order valence-electron chi connectivity index (χ0n) is 6.78. The minimum absolute atomic E-state index is 0.0143. The van der Waals surface area contributed by atoms with Crippen molar-refractivity contribution < 1.29 is 19.1 Å². The standard InChI is InChI=1S/C8H10O4/c1-4(9)6-2-5-3-7(10)12-8(5)11-6/h5-6,8H,2-3H2,1H3/t5-,6+,8+/m0/s1. The summed E-state index contributed by atoms with van der Waals surface area (Å²) < 4.78 is 10.1. The molecule has 0 unspecified atom stereocenters. The van der Waals surface area contributed by atoms with Gasteiger partial charge in [-0.05, 0) is 13.3 Å². The molecule has 2 fully saturated rings. The van der Waals surface area contributed by atoms with Gasteiger partial charge >= 0.3 is 5.97 Å². The SMILES string of the molecule is CC(=O)[C@H]1C[C@H]2CC(=O)O[C@H]2O1. The maximum Gasteiger partial charge on any atom is 0.308 e. The van der Waals surface area contributed by atoms with Crippen LogP contribution in [0.5, 0.6) is 0 Å². The lowest BCUT2D eigenvalue weighted by molar-refractivity contribution is -0.167. The molecule has 12 heavy (non-hydrogen) atoms. The Kier molecular flexibility index (Phi) is 1.65. The summed E-state index contributed by atoms with van der Waals surface area (Å²) in [6.07, 6.45) is 0.222. The summed E-state index contributed by atoms with van der Waals surface area (Å²) in [4.78, 5) is 21.6. The Morgan fingerprint density at radius 1 is 1.58 bits per heavy atom. The number of carbonyl (C=O) groups is 2. The van der Waals surface area contributed by atoms with Gasteiger partial charge in [0.25, 0.3) is 0 Å². The number of Topliss-reactive ketones (excluding diaryl/α,β-unsaturated/α-hetero) is 1. The van der Waals surface area contributed by atoms with Crippen molar-refractivity contribution in [3.05, 3.63) is 0 Å². The van der Waals surface area contributed by atoms with Gasteiger partial charge in [0.15, 0.2) is 5.78 Å². The molecule has 2 heterocycles. The molecule has 0 amide bonds. The summed E-state index contributed by atoms with van der Waals surface area (Å²) in [6.45, 7) is 1.49. The largest absolute Gasteiger partial charge is 0.435 e. The number of carbonyl (C=O) groups excluding carboxylic acids is 2. The van der Waals surface area contributed by atoms with Crippen LogP contribution in [0.4, 0.5) is 0 Å².